The molecule has 6 nitrogen and oxygen atoms in total. The van der Waals surface area contributed by atoms with Gasteiger partial charge < -0.3 is 20.7 Å². The molecule has 1 heterocycles. The third kappa shape index (κ3) is 5.88. The van der Waals surface area contributed by atoms with Gasteiger partial charge in [-0.15, -0.1) is 0 Å². The van der Waals surface area contributed by atoms with E-state index in [2.05, 4.69) is 5.32 Å². The van der Waals surface area contributed by atoms with Crippen LogP contribution >= 0.6 is 0 Å². The standard InChI is InChI=1S/C14H27N3O3/c1-11(18)16-10-12-5-7-17(8-6-12)14(19)13(15)4-3-9-20-2/h12-13H,3-10,15H2,1-2H3,(H,16,18). The minimum absolute atomic E-state index is 0.00340. The fourth-order valence-corrected chi connectivity index (χ4v) is 2.45. The SMILES string of the molecule is COCCCC(N)C(=O)N1CCC(CNC(C)=O)CC1. The van der Waals surface area contributed by atoms with Crippen molar-refractivity contribution in [2.24, 2.45) is 11.7 Å². The molecule has 0 aliphatic carbocycles. The smallest absolute Gasteiger partial charge is 0.239 e. The van der Waals surface area contributed by atoms with Crippen LogP contribution in [0.1, 0.15) is 32.6 Å². The number of amides is 2. The van der Waals surface area contributed by atoms with Gasteiger partial charge in [0.2, 0.25) is 11.8 Å². The monoisotopic (exact) mass is 285 g/mol. The number of likely N-dealkylation sites (tertiary alicyclic amines) is 1. The molecule has 116 valence electrons. The summed E-state index contributed by atoms with van der Waals surface area (Å²) in [5, 5.41) is 2.84. The number of nitrogens with zero attached hydrogens (tertiary/aromatic N) is 1. The van der Waals surface area contributed by atoms with Crippen LogP contribution in [0.3, 0.4) is 0 Å². The topological polar surface area (TPSA) is 84.7 Å². The number of methoxy groups -OCH3 is 1. The summed E-state index contributed by atoms with van der Waals surface area (Å²) in [5.41, 5.74) is 5.92. The Morgan fingerprint density at radius 2 is 2.05 bits per heavy atom. The molecule has 0 saturated carbocycles. The zero-order valence-electron chi connectivity index (χ0n) is 12.6. The molecule has 2 amide bonds. The van der Waals surface area contributed by atoms with Gasteiger partial charge in [-0.2, -0.15) is 0 Å². The van der Waals surface area contributed by atoms with E-state index in [4.69, 9.17) is 10.5 Å². The highest BCUT2D eigenvalue weighted by molar-refractivity contribution is 5.81. The lowest BCUT2D eigenvalue weighted by atomic mass is 9.96. The number of carbonyl (C=O) groups excluding carboxylic acids is 2. The third-order valence-electron chi connectivity index (χ3n) is 3.75. The second kappa shape index (κ2) is 8.92. The van der Waals surface area contributed by atoms with Crippen LogP contribution in [0, 0.1) is 5.92 Å². The highest BCUT2D eigenvalue weighted by Crippen LogP contribution is 2.17. The van der Waals surface area contributed by atoms with E-state index in [0.29, 0.717) is 25.5 Å². The Balaban J connectivity index is 2.26. The van der Waals surface area contributed by atoms with Crippen molar-refractivity contribution in [3.63, 3.8) is 0 Å². The molecule has 0 aromatic carbocycles. The van der Waals surface area contributed by atoms with E-state index >= 15 is 0 Å². The van der Waals surface area contributed by atoms with E-state index in [9.17, 15) is 9.59 Å². The first-order valence-corrected chi connectivity index (χ1v) is 7.32. The van der Waals surface area contributed by atoms with Gasteiger partial charge in [0.25, 0.3) is 0 Å². The minimum atomic E-state index is -0.419. The Morgan fingerprint density at radius 1 is 1.40 bits per heavy atom. The van der Waals surface area contributed by atoms with Crippen molar-refractivity contribution in [2.45, 2.75) is 38.6 Å². The normalized spacial score (nSPS) is 17.9. The second-order valence-electron chi connectivity index (χ2n) is 5.45. The van der Waals surface area contributed by atoms with Gasteiger partial charge in [-0.25, -0.2) is 0 Å². The lowest BCUT2D eigenvalue weighted by Gasteiger charge is -2.33. The van der Waals surface area contributed by atoms with Crippen molar-refractivity contribution >= 4 is 11.8 Å². The quantitative estimate of drug-likeness (QED) is 0.650. The number of nitrogens with one attached hydrogen (secondary N) is 1. The molecule has 1 fully saturated rings. The summed E-state index contributed by atoms with van der Waals surface area (Å²) >= 11 is 0. The minimum Gasteiger partial charge on any atom is -0.385 e. The van der Waals surface area contributed by atoms with E-state index in [1.807, 2.05) is 4.90 Å². The number of rotatable bonds is 7. The molecule has 0 radical (unpaired) electrons. The van der Waals surface area contributed by atoms with Crippen molar-refractivity contribution in [3.05, 3.63) is 0 Å². The molecule has 0 spiro atoms. The first kappa shape index (κ1) is 16.9. The maximum absolute atomic E-state index is 12.2. The van der Waals surface area contributed by atoms with Gasteiger partial charge in [0.15, 0.2) is 0 Å². The molecular formula is C14H27N3O3. The van der Waals surface area contributed by atoms with Crippen LogP contribution in [-0.4, -0.2) is 56.1 Å². The Hall–Kier alpha value is -1.14. The van der Waals surface area contributed by atoms with Gasteiger partial charge in [0, 0.05) is 40.3 Å². The molecular weight excluding hydrogens is 258 g/mol. The van der Waals surface area contributed by atoms with E-state index in [1.54, 1.807) is 7.11 Å². The van der Waals surface area contributed by atoms with Gasteiger partial charge >= 0.3 is 0 Å². The van der Waals surface area contributed by atoms with Crippen LogP contribution < -0.4 is 11.1 Å². The van der Waals surface area contributed by atoms with E-state index in [0.717, 1.165) is 32.4 Å². The van der Waals surface area contributed by atoms with Crippen LogP contribution in [0.2, 0.25) is 0 Å². The molecule has 1 aliphatic rings. The zero-order chi connectivity index (χ0) is 15.0. The lowest BCUT2D eigenvalue weighted by molar-refractivity contribution is -0.134. The Morgan fingerprint density at radius 3 is 2.60 bits per heavy atom. The number of hydrogen-bond donors (Lipinski definition) is 2. The van der Waals surface area contributed by atoms with Gasteiger partial charge in [0.1, 0.15) is 0 Å². The van der Waals surface area contributed by atoms with Crippen LogP contribution in [0.5, 0.6) is 0 Å². The van der Waals surface area contributed by atoms with Gasteiger partial charge in [-0.1, -0.05) is 0 Å². The average molecular weight is 285 g/mol. The highest BCUT2D eigenvalue weighted by Gasteiger charge is 2.26. The van der Waals surface area contributed by atoms with Crippen molar-refractivity contribution in [3.8, 4) is 0 Å². The number of carbonyl (C=O) groups is 2. The summed E-state index contributed by atoms with van der Waals surface area (Å²) in [4.78, 5) is 24.9. The highest BCUT2D eigenvalue weighted by atomic mass is 16.5. The number of nitrogens with two attached hydrogens (primary N) is 1. The largest absolute Gasteiger partial charge is 0.385 e. The molecule has 1 atom stereocenters. The predicted molar refractivity (Wildman–Crippen MR) is 77.1 cm³/mol. The predicted octanol–water partition coefficient (Wildman–Crippen LogP) is 0.115. The third-order valence-corrected chi connectivity index (χ3v) is 3.75. The van der Waals surface area contributed by atoms with Crippen molar-refractivity contribution in [1.29, 1.82) is 0 Å². The molecule has 20 heavy (non-hydrogen) atoms. The van der Waals surface area contributed by atoms with E-state index in [1.165, 1.54) is 6.92 Å². The molecule has 0 bridgehead atoms. The number of ether oxygens (including phenoxy) is 1. The first-order chi connectivity index (χ1) is 9.54. The van der Waals surface area contributed by atoms with Crippen LogP contribution in [0.15, 0.2) is 0 Å². The summed E-state index contributed by atoms with van der Waals surface area (Å²) < 4.78 is 4.96. The maximum atomic E-state index is 12.2. The molecule has 1 aliphatic heterocycles. The Kier molecular flexibility index (Phi) is 7.54. The summed E-state index contributed by atoms with van der Waals surface area (Å²) in [7, 11) is 1.65. The Bertz CT molecular complexity index is 315. The van der Waals surface area contributed by atoms with Gasteiger partial charge in [0.05, 0.1) is 6.04 Å². The molecule has 0 aromatic heterocycles. The second-order valence-corrected chi connectivity index (χ2v) is 5.45. The average Bonchev–Trinajstić information content (AvgIpc) is 2.45. The number of piperidine rings is 1. The van der Waals surface area contributed by atoms with Crippen LogP contribution in [0.25, 0.3) is 0 Å². The van der Waals surface area contributed by atoms with Crippen LogP contribution in [0.4, 0.5) is 0 Å². The van der Waals surface area contributed by atoms with Crippen molar-refractivity contribution in [2.75, 3.05) is 33.4 Å². The van der Waals surface area contributed by atoms with Gasteiger partial charge in [-0.05, 0) is 31.6 Å². The lowest BCUT2D eigenvalue weighted by Crippen LogP contribution is -2.48. The Labute approximate surface area is 121 Å². The maximum Gasteiger partial charge on any atom is 0.239 e. The molecule has 0 aromatic rings. The van der Waals surface area contributed by atoms with E-state index < -0.39 is 6.04 Å². The molecule has 6 heteroatoms. The summed E-state index contributed by atoms with van der Waals surface area (Å²) in [6.45, 7) is 4.34. The summed E-state index contributed by atoms with van der Waals surface area (Å²) in [5.74, 6) is 0.510. The zero-order valence-corrected chi connectivity index (χ0v) is 12.6. The molecule has 1 unspecified atom stereocenters. The molecule has 3 N–H and O–H groups in total. The summed E-state index contributed by atoms with van der Waals surface area (Å²) in [6, 6.07) is -0.419. The molecule has 1 rings (SSSR count). The van der Waals surface area contributed by atoms with Gasteiger partial charge in [-0.3, -0.25) is 9.59 Å². The number of hydrogen-bond acceptors (Lipinski definition) is 4. The van der Waals surface area contributed by atoms with E-state index in [-0.39, 0.29) is 11.8 Å². The first-order valence-electron chi connectivity index (χ1n) is 7.32. The van der Waals surface area contributed by atoms with Crippen LogP contribution in [-0.2, 0) is 14.3 Å². The van der Waals surface area contributed by atoms with Crippen molar-refractivity contribution in [1.82, 2.24) is 10.2 Å². The fourth-order valence-electron chi connectivity index (χ4n) is 2.45. The van der Waals surface area contributed by atoms with Crippen molar-refractivity contribution < 1.29 is 14.3 Å². The fraction of sp³-hybridized carbons (Fsp3) is 0.857. The summed E-state index contributed by atoms with van der Waals surface area (Å²) in [6.07, 6.45) is 3.33. The molecule has 1 saturated heterocycles.